The van der Waals surface area contributed by atoms with E-state index in [0.29, 0.717) is 13.0 Å². The van der Waals surface area contributed by atoms with Crippen LogP contribution in [0.1, 0.15) is 25.3 Å². The van der Waals surface area contributed by atoms with Crippen molar-refractivity contribution in [2.75, 3.05) is 18.1 Å². The third-order valence-corrected chi connectivity index (χ3v) is 2.84. The van der Waals surface area contributed by atoms with Crippen molar-refractivity contribution < 1.29 is 9.53 Å². The number of rotatable bonds is 3. The molecule has 0 atom stereocenters. The van der Waals surface area contributed by atoms with Gasteiger partial charge in [0, 0.05) is 18.7 Å². The average Bonchev–Trinajstić information content (AvgIpc) is 2.65. The second kappa shape index (κ2) is 4.56. The Morgan fingerprint density at radius 1 is 1.44 bits per heavy atom. The molecule has 1 saturated heterocycles. The zero-order chi connectivity index (χ0) is 11.5. The number of carbonyl (C=O) groups excluding carboxylic acids is 1. The standard InChI is InChI=1S/C13H17NO2/c1-3-16-11-6-7-12(10(2)9-11)14-8-4-5-13(14)15/h6-7,9H,3-5,8H2,1-2H3. The summed E-state index contributed by atoms with van der Waals surface area (Å²) >= 11 is 0. The van der Waals surface area contributed by atoms with E-state index in [1.807, 2.05) is 36.9 Å². The number of carbonyl (C=O) groups is 1. The zero-order valence-corrected chi connectivity index (χ0v) is 9.82. The van der Waals surface area contributed by atoms with Crippen LogP contribution in [0.25, 0.3) is 0 Å². The molecule has 0 aliphatic carbocycles. The van der Waals surface area contributed by atoms with Crippen LogP contribution in [-0.2, 0) is 4.79 Å². The Balaban J connectivity index is 2.25. The monoisotopic (exact) mass is 219 g/mol. The maximum atomic E-state index is 11.6. The summed E-state index contributed by atoms with van der Waals surface area (Å²) in [6.45, 7) is 5.49. The first-order valence-corrected chi connectivity index (χ1v) is 5.76. The molecule has 1 amide bonds. The molecule has 1 fully saturated rings. The molecular formula is C13H17NO2. The summed E-state index contributed by atoms with van der Waals surface area (Å²) in [5, 5.41) is 0. The molecule has 16 heavy (non-hydrogen) atoms. The lowest BCUT2D eigenvalue weighted by Crippen LogP contribution is -2.24. The summed E-state index contributed by atoms with van der Waals surface area (Å²) in [4.78, 5) is 13.5. The van der Waals surface area contributed by atoms with Crippen LogP contribution in [0.4, 0.5) is 5.69 Å². The van der Waals surface area contributed by atoms with Gasteiger partial charge in [-0.3, -0.25) is 4.79 Å². The number of hydrogen-bond donors (Lipinski definition) is 0. The van der Waals surface area contributed by atoms with Gasteiger partial charge < -0.3 is 9.64 Å². The van der Waals surface area contributed by atoms with E-state index in [1.54, 1.807) is 0 Å². The Kier molecular flexibility index (Phi) is 3.13. The van der Waals surface area contributed by atoms with Gasteiger partial charge >= 0.3 is 0 Å². The normalized spacial score (nSPS) is 15.6. The van der Waals surface area contributed by atoms with Crippen molar-refractivity contribution in [3.8, 4) is 5.75 Å². The van der Waals surface area contributed by atoms with Crippen molar-refractivity contribution in [1.29, 1.82) is 0 Å². The number of ether oxygens (including phenoxy) is 1. The van der Waals surface area contributed by atoms with Crippen LogP contribution in [-0.4, -0.2) is 19.1 Å². The van der Waals surface area contributed by atoms with Crippen molar-refractivity contribution in [3.05, 3.63) is 23.8 Å². The van der Waals surface area contributed by atoms with Crippen molar-refractivity contribution >= 4 is 11.6 Å². The number of benzene rings is 1. The van der Waals surface area contributed by atoms with Gasteiger partial charge in [-0.1, -0.05) is 0 Å². The van der Waals surface area contributed by atoms with Crippen LogP contribution in [0, 0.1) is 6.92 Å². The zero-order valence-electron chi connectivity index (χ0n) is 9.82. The van der Waals surface area contributed by atoms with Gasteiger partial charge in [0.15, 0.2) is 0 Å². The van der Waals surface area contributed by atoms with Crippen molar-refractivity contribution in [2.45, 2.75) is 26.7 Å². The molecule has 3 nitrogen and oxygen atoms in total. The Bertz CT molecular complexity index is 401. The molecule has 0 bridgehead atoms. The molecule has 1 aromatic carbocycles. The Morgan fingerprint density at radius 2 is 2.25 bits per heavy atom. The molecule has 0 radical (unpaired) electrons. The molecule has 3 heteroatoms. The third kappa shape index (κ3) is 2.03. The van der Waals surface area contributed by atoms with Gasteiger partial charge in [-0.25, -0.2) is 0 Å². The summed E-state index contributed by atoms with van der Waals surface area (Å²) in [7, 11) is 0. The van der Waals surface area contributed by atoms with E-state index in [0.717, 1.165) is 30.0 Å². The molecule has 1 aromatic rings. The summed E-state index contributed by atoms with van der Waals surface area (Å²) < 4.78 is 5.43. The Morgan fingerprint density at radius 3 is 2.81 bits per heavy atom. The first-order chi connectivity index (χ1) is 7.72. The Labute approximate surface area is 96.0 Å². The molecule has 1 aliphatic heterocycles. The highest BCUT2D eigenvalue weighted by Gasteiger charge is 2.22. The second-order valence-corrected chi connectivity index (χ2v) is 4.03. The number of amides is 1. The largest absolute Gasteiger partial charge is 0.494 e. The lowest BCUT2D eigenvalue weighted by Gasteiger charge is -2.18. The molecule has 0 saturated carbocycles. The number of aryl methyl sites for hydroxylation is 1. The van der Waals surface area contributed by atoms with Gasteiger partial charge in [-0.05, 0) is 44.0 Å². The van der Waals surface area contributed by atoms with Crippen LogP contribution >= 0.6 is 0 Å². The van der Waals surface area contributed by atoms with Crippen LogP contribution in [0.2, 0.25) is 0 Å². The number of nitrogens with zero attached hydrogens (tertiary/aromatic N) is 1. The van der Waals surface area contributed by atoms with Crippen LogP contribution in [0.5, 0.6) is 5.75 Å². The van der Waals surface area contributed by atoms with Gasteiger partial charge in [-0.15, -0.1) is 0 Å². The van der Waals surface area contributed by atoms with Gasteiger partial charge in [-0.2, -0.15) is 0 Å². The second-order valence-electron chi connectivity index (χ2n) is 4.03. The maximum absolute atomic E-state index is 11.6. The van der Waals surface area contributed by atoms with E-state index in [1.165, 1.54) is 0 Å². The fraction of sp³-hybridized carbons (Fsp3) is 0.462. The van der Waals surface area contributed by atoms with Gasteiger partial charge in [0.1, 0.15) is 5.75 Å². The minimum atomic E-state index is 0.229. The molecule has 86 valence electrons. The predicted molar refractivity (Wildman–Crippen MR) is 63.9 cm³/mol. The summed E-state index contributed by atoms with van der Waals surface area (Å²) in [5.74, 6) is 1.10. The number of hydrogen-bond acceptors (Lipinski definition) is 2. The maximum Gasteiger partial charge on any atom is 0.227 e. The minimum absolute atomic E-state index is 0.229. The molecule has 1 heterocycles. The third-order valence-electron chi connectivity index (χ3n) is 2.84. The lowest BCUT2D eigenvalue weighted by atomic mass is 10.1. The van der Waals surface area contributed by atoms with Crippen molar-refractivity contribution in [3.63, 3.8) is 0 Å². The van der Waals surface area contributed by atoms with Crippen LogP contribution in [0.3, 0.4) is 0 Å². The highest BCUT2D eigenvalue weighted by atomic mass is 16.5. The highest BCUT2D eigenvalue weighted by molar-refractivity contribution is 5.96. The number of anilines is 1. The molecule has 0 unspecified atom stereocenters. The topological polar surface area (TPSA) is 29.5 Å². The fourth-order valence-electron chi connectivity index (χ4n) is 2.09. The van der Waals surface area contributed by atoms with E-state index in [4.69, 9.17) is 4.74 Å². The van der Waals surface area contributed by atoms with Crippen LogP contribution in [0.15, 0.2) is 18.2 Å². The van der Waals surface area contributed by atoms with E-state index in [9.17, 15) is 4.79 Å². The highest BCUT2D eigenvalue weighted by Crippen LogP contribution is 2.28. The fourth-order valence-corrected chi connectivity index (χ4v) is 2.09. The molecule has 1 aliphatic rings. The molecule has 0 N–H and O–H groups in total. The molecular weight excluding hydrogens is 202 g/mol. The van der Waals surface area contributed by atoms with E-state index in [2.05, 4.69) is 0 Å². The summed E-state index contributed by atoms with van der Waals surface area (Å²) in [5.41, 5.74) is 2.12. The molecule has 2 rings (SSSR count). The first kappa shape index (κ1) is 11.0. The summed E-state index contributed by atoms with van der Waals surface area (Å²) in [6, 6.07) is 5.89. The van der Waals surface area contributed by atoms with Crippen LogP contribution < -0.4 is 9.64 Å². The van der Waals surface area contributed by atoms with Gasteiger partial charge in [0.2, 0.25) is 5.91 Å². The SMILES string of the molecule is CCOc1ccc(N2CCCC2=O)c(C)c1. The van der Waals surface area contributed by atoms with Gasteiger partial charge in [0.05, 0.1) is 6.61 Å². The van der Waals surface area contributed by atoms with Crippen molar-refractivity contribution in [2.24, 2.45) is 0 Å². The Hall–Kier alpha value is -1.51. The molecule has 0 aromatic heterocycles. The smallest absolute Gasteiger partial charge is 0.227 e. The minimum Gasteiger partial charge on any atom is -0.494 e. The summed E-state index contributed by atoms with van der Waals surface area (Å²) in [6.07, 6.45) is 1.64. The van der Waals surface area contributed by atoms with E-state index < -0.39 is 0 Å². The van der Waals surface area contributed by atoms with Crippen molar-refractivity contribution in [1.82, 2.24) is 0 Å². The first-order valence-electron chi connectivity index (χ1n) is 5.76. The lowest BCUT2D eigenvalue weighted by molar-refractivity contribution is -0.117. The average molecular weight is 219 g/mol. The van der Waals surface area contributed by atoms with Gasteiger partial charge in [0.25, 0.3) is 0 Å². The quantitative estimate of drug-likeness (QED) is 0.781. The van der Waals surface area contributed by atoms with E-state index >= 15 is 0 Å². The predicted octanol–water partition coefficient (Wildman–Crippen LogP) is 2.52. The molecule has 0 spiro atoms. The van der Waals surface area contributed by atoms with E-state index in [-0.39, 0.29) is 5.91 Å².